The van der Waals surface area contributed by atoms with Crippen molar-refractivity contribution in [2.24, 2.45) is 0 Å². The first kappa shape index (κ1) is 25.9. The molecule has 3 aromatic rings. The molecule has 0 saturated carbocycles. The van der Waals surface area contributed by atoms with Crippen molar-refractivity contribution in [2.45, 2.75) is 31.9 Å². The summed E-state index contributed by atoms with van der Waals surface area (Å²) in [5.74, 6) is -1.61. The quantitative estimate of drug-likeness (QED) is 0.432. The molecule has 0 aliphatic carbocycles. The fourth-order valence-corrected chi connectivity index (χ4v) is 4.19. The van der Waals surface area contributed by atoms with Gasteiger partial charge in [-0.15, -0.1) is 0 Å². The number of aliphatic hydroxyl groups is 1. The van der Waals surface area contributed by atoms with Gasteiger partial charge in [0.1, 0.15) is 5.82 Å². The Morgan fingerprint density at radius 2 is 2.00 bits per heavy atom. The molecule has 3 N–H and O–H groups in total. The normalized spacial score (nSPS) is 16.1. The van der Waals surface area contributed by atoms with Gasteiger partial charge in [-0.2, -0.15) is 5.10 Å². The number of hydrogen-bond donors (Lipinski definition) is 3. The third-order valence-corrected chi connectivity index (χ3v) is 6.14. The van der Waals surface area contributed by atoms with Crippen LogP contribution in [0.3, 0.4) is 0 Å². The molecule has 2 amide bonds. The van der Waals surface area contributed by atoms with Crippen LogP contribution in [0.4, 0.5) is 10.1 Å². The van der Waals surface area contributed by atoms with E-state index in [0.29, 0.717) is 28.0 Å². The molecule has 0 saturated heterocycles. The lowest BCUT2D eigenvalue weighted by molar-refractivity contribution is -0.121. The number of methoxy groups -OCH3 is 1. The minimum absolute atomic E-state index is 0.0272. The van der Waals surface area contributed by atoms with Gasteiger partial charge in [0.05, 0.1) is 24.8 Å². The van der Waals surface area contributed by atoms with Gasteiger partial charge in [0.25, 0.3) is 11.5 Å². The highest BCUT2D eigenvalue weighted by Crippen LogP contribution is 2.32. The molecule has 0 spiro atoms. The molecule has 2 aromatic carbocycles. The van der Waals surface area contributed by atoms with Gasteiger partial charge >= 0.3 is 0 Å². The molecule has 0 radical (unpaired) electrons. The van der Waals surface area contributed by atoms with E-state index in [-0.39, 0.29) is 25.5 Å². The number of aliphatic hydroxyl groups excluding tert-OH is 1. The number of benzene rings is 2. The molecular weight excluding hydrogens is 479 g/mol. The number of carbonyl (C=O) groups is 2. The van der Waals surface area contributed by atoms with Crippen LogP contribution in [0.1, 0.15) is 23.5 Å². The average Bonchev–Trinajstić information content (AvgIpc) is 2.87. The molecule has 1 aliphatic heterocycles. The standard InChI is InChI=1S/C27H27FN4O5/c1-16-3-4-18(21-9-10-30-32(27(21)36)14-20(33)15-37-2)11-24(16)31-26(35)23-13-29-25(34)12-22(23)17-5-7-19(28)8-6-17/h3-11,13,20,22,33H,12,14-15H2,1-2H3,(H,29,34)(H,31,35). The Kier molecular flexibility index (Phi) is 7.90. The number of ether oxygens (including phenoxy) is 1. The molecule has 2 heterocycles. The zero-order valence-electron chi connectivity index (χ0n) is 20.4. The first-order valence-electron chi connectivity index (χ1n) is 11.7. The molecular formula is C27H27FN4O5. The second-order valence-electron chi connectivity index (χ2n) is 8.80. The van der Waals surface area contributed by atoms with Crippen molar-refractivity contribution < 1.29 is 23.8 Å². The first-order valence-corrected chi connectivity index (χ1v) is 11.7. The maximum atomic E-state index is 13.4. The summed E-state index contributed by atoms with van der Waals surface area (Å²) in [6, 6.07) is 12.5. The number of rotatable bonds is 8. The summed E-state index contributed by atoms with van der Waals surface area (Å²) in [6.07, 6.45) is 2.00. The Morgan fingerprint density at radius 3 is 2.73 bits per heavy atom. The van der Waals surface area contributed by atoms with Gasteiger partial charge in [-0.1, -0.05) is 24.3 Å². The van der Waals surface area contributed by atoms with Gasteiger partial charge in [0.15, 0.2) is 0 Å². The topological polar surface area (TPSA) is 123 Å². The predicted octanol–water partition coefficient (Wildman–Crippen LogP) is 2.49. The Labute approximate surface area is 212 Å². The highest BCUT2D eigenvalue weighted by Gasteiger charge is 2.29. The molecule has 4 rings (SSSR count). The second kappa shape index (κ2) is 11.3. The third kappa shape index (κ3) is 5.99. The molecule has 2 atom stereocenters. The highest BCUT2D eigenvalue weighted by molar-refractivity contribution is 6.07. The second-order valence-corrected chi connectivity index (χ2v) is 8.80. The van der Waals surface area contributed by atoms with E-state index >= 15 is 0 Å². The number of anilines is 1. The summed E-state index contributed by atoms with van der Waals surface area (Å²) in [6.45, 7) is 1.86. The first-order chi connectivity index (χ1) is 17.8. The van der Waals surface area contributed by atoms with Crippen LogP contribution in [-0.2, 0) is 20.9 Å². The monoisotopic (exact) mass is 506 g/mol. The number of nitrogens with one attached hydrogen (secondary N) is 2. The summed E-state index contributed by atoms with van der Waals surface area (Å²) < 4.78 is 19.5. The fraction of sp³-hybridized carbons (Fsp3) is 0.259. The van der Waals surface area contributed by atoms with Crippen LogP contribution >= 0.6 is 0 Å². The number of hydrogen-bond acceptors (Lipinski definition) is 6. The van der Waals surface area contributed by atoms with Crippen LogP contribution in [0.25, 0.3) is 11.1 Å². The smallest absolute Gasteiger partial charge is 0.274 e. The van der Waals surface area contributed by atoms with Crippen molar-refractivity contribution in [2.75, 3.05) is 19.0 Å². The summed E-state index contributed by atoms with van der Waals surface area (Å²) in [5.41, 5.74) is 2.74. The maximum Gasteiger partial charge on any atom is 0.274 e. The number of aryl methyl sites for hydroxylation is 1. The lowest BCUT2D eigenvalue weighted by Crippen LogP contribution is -2.32. The van der Waals surface area contributed by atoms with E-state index in [2.05, 4.69) is 15.7 Å². The van der Waals surface area contributed by atoms with Crippen molar-refractivity contribution in [3.8, 4) is 11.1 Å². The van der Waals surface area contributed by atoms with Crippen LogP contribution in [0.15, 0.2) is 71.3 Å². The van der Waals surface area contributed by atoms with Gasteiger partial charge in [0.2, 0.25) is 5.91 Å². The van der Waals surface area contributed by atoms with Crippen molar-refractivity contribution in [3.05, 3.63) is 93.8 Å². The van der Waals surface area contributed by atoms with Crippen molar-refractivity contribution in [1.29, 1.82) is 0 Å². The maximum absolute atomic E-state index is 13.4. The van der Waals surface area contributed by atoms with Gasteiger partial charge in [0, 0.05) is 43.1 Å². The van der Waals surface area contributed by atoms with Crippen LogP contribution < -0.4 is 16.2 Å². The molecule has 1 aliphatic rings. The summed E-state index contributed by atoms with van der Waals surface area (Å²) in [5, 5.41) is 19.5. The lowest BCUT2D eigenvalue weighted by atomic mass is 9.86. The molecule has 9 nitrogen and oxygen atoms in total. The minimum Gasteiger partial charge on any atom is -0.389 e. The molecule has 0 fully saturated rings. The number of carbonyl (C=O) groups excluding carboxylic acids is 2. The predicted molar refractivity (Wildman–Crippen MR) is 135 cm³/mol. The van der Waals surface area contributed by atoms with Gasteiger partial charge in [-0.05, 0) is 47.9 Å². The van der Waals surface area contributed by atoms with Gasteiger partial charge in [-0.25, -0.2) is 9.07 Å². The molecule has 37 heavy (non-hydrogen) atoms. The highest BCUT2D eigenvalue weighted by atomic mass is 19.1. The van der Waals surface area contributed by atoms with E-state index in [4.69, 9.17) is 4.74 Å². The van der Waals surface area contributed by atoms with Crippen LogP contribution in [-0.4, -0.2) is 46.5 Å². The van der Waals surface area contributed by atoms with Crippen LogP contribution in [0, 0.1) is 12.7 Å². The number of halogens is 1. The molecule has 2 unspecified atom stereocenters. The Balaban J connectivity index is 1.61. The largest absolute Gasteiger partial charge is 0.389 e. The zero-order valence-corrected chi connectivity index (χ0v) is 20.4. The Bertz CT molecular complexity index is 1400. The Hall–Kier alpha value is -4.15. The summed E-state index contributed by atoms with van der Waals surface area (Å²) >= 11 is 0. The lowest BCUT2D eigenvalue weighted by Gasteiger charge is -2.24. The summed E-state index contributed by atoms with van der Waals surface area (Å²) in [7, 11) is 1.46. The van der Waals surface area contributed by atoms with E-state index in [1.807, 2.05) is 6.92 Å². The third-order valence-electron chi connectivity index (χ3n) is 6.14. The Morgan fingerprint density at radius 1 is 1.24 bits per heavy atom. The van der Waals surface area contributed by atoms with E-state index in [1.165, 1.54) is 36.3 Å². The van der Waals surface area contributed by atoms with E-state index in [0.717, 1.165) is 5.56 Å². The fourth-order valence-electron chi connectivity index (χ4n) is 4.19. The molecule has 10 heteroatoms. The van der Waals surface area contributed by atoms with Crippen molar-refractivity contribution >= 4 is 17.5 Å². The van der Waals surface area contributed by atoms with E-state index < -0.39 is 29.3 Å². The van der Waals surface area contributed by atoms with Crippen LogP contribution in [0.2, 0.25) is 0 Å². The molecule has 1 aromatic heterocycles. The van der Waals surface area contributed by atoms with Crippen molar-refractivity contribution in [1.82, 2.24) is 15.1 Å². The van der Waals surface area contributed by atoms with Gasteiger partial charge in [-0.3, -0.25) is 14.4 Å². The van der Waals surface area contributed by atoms with Gasteiger partial charge < -0.3 is 20.5 Å². The zero-order chi connectivity index (χ0) is 26.5. The number of amides is 2. The molecule has 192 valence electrons. The number of aromatic nitrogens is 2. The van der Waals surface area contributed by atoms with Crippen LogP contribution in [0.5, 0.6) is 0 Å². The van der Waals surface area contributed by atoms with Crippen molar-refractivity contribution in [3.63, 3.8) is 0 Å². The molecule has 0 bridgehead atoms. The minimum atomic E-state index is -0.892. The summed E-state index contributed by atoms with van der Waals surface area (Å²) in [4.78, 5) is 38.4. The number of nitrogens with zero attached hydrogens (tertiary/aromatic N) is 2. The van der Waals surface area contributed by atoms with E-state index in [9.17, 15) is 23.9 Å². The van der Waals surface area contributed by atoms with E-state index in [1.54, 1.807) is 36.4 Å². The average molecular weight is 507 g/mol. The SMILES string of the molecule is COCC(O)Cn1nccc(-c2ccc(C)c(NC(=O)C3=CNC(=O)CC3c3ccc(F)cc3)c2)c1=O.